The molecule has 1 amide bonds. The van der Waals surface area contributed by atoms with Crippen molar-refractivity contribution in [2.45, 2.75) is 25.2 Å². The zero-order chi connectivity index (χ0) is 21.2. The van der Waals surface area contributed by atoms with Gasteiger partial charge >= 0.3 is 0 Å². The molecule has 0 radical (unpaired) electrons. The van der Waals surface area contributed by atoms with Crippen LogP contribution in [-0.4, -0.2) is 31.0 Å². The van der Waals surface area contributed by atoms with Gasteiger partial charge in [0, 0.05) is 31.0 Å². The minimum absolute atomic E-state index is 0.0654. The molecule has 0 aliphatic heterocycles. The van der Waals surface area contributed by atoms with Crippen molar-refractivity contribution in [2.75, 3.05) is 20.2 Å². The molecule has 0 atom stereocenters. The summed E-state index contributed by atoms with van der Waals surface area (Å²) in [5.74, 6) is 1.04. The van der Waals surface area contributed by atoms with E-state index in [1.807, 2.05) is 72.6 Å². The van der Waals surface area contributed by atoms with Crippen molar-refractivity contribution in [3.05, 3.63) is 101 Å². The Morgan fingerprint density at radius 3 is 2.00 bits per heavy atom. The lowest BCUT2D eigenvalue weighted by molar-refractivity contribution is -0.130. The van der Waals surface area contributed by atoms with Crippen molar-refractivity contribution in [1.29, 1.82) is 0 Å². The molecular formula is C26H28ClNO2. The Morgan fingerprint density at radius 1 is 0.867 bits per heavy atom. The number of amides is 1. The van der Waals surface area contributed by atoms with Crippen molar-refractivity contribution >= 4 is 17.5 Å². The molecule has 0 N–H and O–H groups in total. The summed E-state index contributed by atoms with van der Waals surface area (Å²) in [4.78, 5) is 14.7. The van der Waals surface area contributed by atoms with Gasteiger partial charge in [-0.25, -0.2) is 0 Å². The van der Waals surface area contributed by atoms with E-state index in [0.717, 1.165) is 25.1 Å². The van der Waals surface area contributed by atoms with Gasteiger partial charge in [0.05, 0.1) is 6.61 Å². The van der Waals surface area contributed by atoms with Gasteiger partial charge in [-0.3, -0.25) is 4.79 Å². The topological polar surface area (TPSA) is 29.5 Å². The first kappa shape index (κ1) is 21.9. The average Bonchev–Trinajstić information content (AvgIpc) is 2.79. The number of benzene rings is 3. The van der Waals surface area contributed by atoms with E-state index in [9.17, 15) is 4.79 Å². The molecule has 3 rings (SSSR count). The lowest BCUT2D eigenvalue weighted by Gasteiger charge is -2.22. The maximum atomic E-state index is 12.9. The van der Waals surface area contributed by atoms with Crippen LogP contribution in [0.2, 0.25) is 5.02 Å². The predicted molar refractivity (Wildman–Crippen MR) is 123 cm³/mol. The van der Waals surface area contributed by atoms with E-state index < -0.39 is 0 Å². The highest BCUT2D eigenvalue weighted by Gasteiger charge is 2.20. The van der Waals surface area contributed by atoms with Gasteiger partial charge in [-0.15, -0.1) is 0 Å². The minimum atomic E-state index is 0.0654. The maximum Gasteiger partial charge on any atom is 0.223 e. The highest BCUT2D eigenvalue weighted by Crippen LogP contribution is 2.28. The number of halogens is 1. The van der Waals surface area contributed by atoms with Crippen molar-refractivity contribution in [3.63, 3.8) is 0 Å². The normalized spacial score (nSPS) is 10.8. The fourth-order valence-corrected chi connectivity index (χ4v) is 3.55. The minimum Gasteiger partial charge on any atom is -0.494 e. The van der Waals surface area contributed by atoms with Gasteiger partial charge in [-0.2, -0.15) is 0 Å². The van der Waals surface area contributed by atoms with Crippen molar-refractivity contribution < 1.29 is 9.53 Å². The Hall–Kier alpha value is -2.78. The summed E-state index contributed by atoms with van der Waals surface area (Å²) in [5.41, 5.74) is 2.34. The second-order valence-corrected chi connectivity index (χ2v) is 7.84. The Morgan fingerprint density at radius 2 is 1.43 bits per heavy atom. The molecule has 0 aromatic heterocycles. The summed E-state index contributed by atoms with van der Waals surface area (Å²) in [5, 5.41) is 0.701. The van der Waals surface area contributed by atoms with E-state index in [4.69, 9.17) is 16.3 Å². The monoisotopic (exact) mass is 421 g/mol. The smallest absolute Gasteiger partial charge is 0.223 e. The number of hydrogen-bond donors (Lipinski definition) is 0. The zero-order valence-electron chi connectivity index (χ0n) is 17.3. The summed E-state index contributed by atoms with van der Waals surface area (Å²) in [6.45, 7) is 1.35. The number of ether oxygens (including phenoxy) is 1. The second-order valence-electron chi connectivity index (χ2n) is 7.40. The van der Waals surface area contributed by atoms with Crippen LogP contribution in [0.3, 0.4) is 0 Å². The third kappa shape index (κ3) is 6.64. The molecule has 3 nitrogen and oxygen atoms in total. The number of hydrogen-bond acceptors (Lipinski definition) is 2. The average molecular weight is 422 g/mol. The fraction of sp³-hybridized carbons (Fsp3) is 0.269. The third-order valence-corrected chi connectivity index (χ3v) is 5.43. The Balaban J connectivity index is 1.48. The standard InChI is InChI=1S/C26H28ClNO2/c1-28(18-8-9-19-30-24-16-14-23(27)15-17-24)26(29)20-25(21-10-4-2-5-11-21)22-12-6-3-7-13-22/h2-7,10-17,25H,8-9,18-20H2,1H3. The van der Waals surface area contributed by atoms with E-state index >= 15 is 0 Å². The summed E-state index contributed by atoms with van der Waals surface area (Å²) < 4.78 is 5.72. The molecule has 0 saturated heterocycles. The van der Waals surface area contributed by atoms with E-state index in [1.54, 1.807) is 0 Å². The van der Waals surface area contributed by atoms with Crippen LogP contribution in [-0.2, 0) is 4.79 Å². The first-order chi connectivity index (χ1) is 14.6. The van der Waals surface area contributed by atoms with Gasteiger partial charge < -0.3 is 9.64 Å². The fourth-order valence-electron chi connectivity index (χ4n) is 3.43. The first-order valence-electron chi connectivity index (χ1n) is 10.4. The van der Waals surface area contributed by atoms with Crippen LogP contribution in [0.15, 0.2) is 84.9 Å². The van der Waals surface area contributed by atoms with Gasteiger partial charge in [-0.05, 0) is 48.2 Å². The van der Waals surface area contributed by atoms with E-state index in [0.29, 0.717) is 18.1 Å². The molecule has 0 saturated carbocycles. The number of carbonyl (C=O) groups is 1. The van der Waals surface area contributed by atoms with Gasteiger partial charge in [0.1, 0.15) is 5.75 Å². The van der Waals surface area contributed by atoms with Crippen LogP contribution in [0.1, 0.15) is 36.3 Å². The zero-order valence-corrected chi connectivity index (χ0v) is 18.1. The van der Waals surface area contributed by atoms with Crippen molar-refractivity contribution in [2.24, 2.45) is 0 Å². The first-order valence-corrected chi connectivity index (χ1v) is 10.7. The summed E-state index contributed by atoms with van der Waals surface area (Å²) in [6.07, 6.45) is 2.25. The number of unbranched alkanes of at least 4 members (excludes halogenated alkanes) is 1. The van der Waals surface area contributed by atoms with Crippen LogP contribution in [0.4, 0.5) is 0 Å². The molecule has 0 aliphatic carbocycles. The number of carbonyl (C=O) groups excluding carboxylic acids is 1. The van der Waals surface area contributed by atoms with Gasteiger partial charge in [0.25, 0.3) is 0 Å². The lowest BCUT2D eigenvalue weighted by atomic mass is 9.88. The molecule has 30 heavy (non-hydrogen) atoms. The Kier molecular flexibility index (Phi) is 8.34. The van der Waals surface area contributed by atoms with E-state index in [1.165, 1.54) is 11.1 Å². The van der Waals surface area contributed by atoms with Crippen LogP contribution >= 0.6 is 11.6 Å². The van der Waals surface area contributed by atoms with Gasteiger partial charge in [0.15, 0.2) is 0 Å². The maximum absolute atomic E-state index is 12.9. The van der Waals surface area contributed by atoms with E-state index in [2.05, 4.69) is 24.3 Å². The molecule has 4 heteroatoms. The van der Waals surface area contributed by atoms with Gasteiger partial charge in [-0.1, -0.05) is 72.3 Å². The molecule has 3 aromatic rings. The largest absolute Gasteiger partial charge is 0.494 e. The highest BCUT2D eigenvalue weighted by atomic mass is 35.5. The summed E-state index contributed by atoms with van der Waals surface area (Å²) in [6, 6.07) is 27.9. The molecule has 0 heterocycles. The van der Waals surface area contributed by atoms with Crippen LogP contribution in [0, 0.1) is 0 Å². The molecule has 0 spiro atoms. The quantitative estimate of drug-likeness (QED) is 0.366. The third-order valence-electron chi connectivity index (χ3n) is 5.18. The lowest BCUT2D eigenvalue weighted by Crippen LogP contribution is -2.29. The molecule has 3 aromatic carbocycles. The van der Waals surface area contributed by atoms with Crippen molar-refractivity contribution in [1.82, 2.24) is 4.90 Å². The molecule has 156 valence electrons. The summed E-state index contributed by atoms with van der Waals surface area (Å²) >= 11 is 5.88. The number of nitrogens with zero attached hydrogens (tertiary/aromatic N) is 1. The second kappa shape index (κ2) is 11.4. The van der Waals surface area contributed by atoms with E-state index in [-0.39, 0.29) is 11.8 Å². The van der Waals surface area contributed by atoms with Crippen molar-refractivity contribution in [3.8, 4) is 5.75 Å². The predicted octanol–water partition coefficient (Wildman–Crippen LogP) is 6.18. The molecule has 0 bridgehead atoms. The highest BCUT2D eigenvalue weighted by molar-refractivity contribution is 6.30. The van der Waals surface area contributed by atoms with Crippen LogP contribution < -0.4 is 4.74 Å². The molecule has 0 fully saturated rings. The Bertz CT molecular complexity index is 858. The Labute approximate surface area is 184 Å². The SMILES string of the molecule is CN(CCCCOc1ccc(Cl)cc1)C(=O)CC(c1ccccc1)c1ccccc1. The van der Waals surface area contributed by atoms with Crippen LogP contribution in [0.5, 0.6) is 5.75 Å². The number of rotatable bonds is 10. The summed E-state index contributed by atoms with van der Waals surface area (Å²) in [7, 11) is 1.88. The van der Waals surface area contributed by atoms with Gasteiger partial charge in [0.2, 0.25) is 5.91 Å². The molecule has 0 unspecified atom stereocenters. The van der Waals surface area contributed by atoms with Crippen LogP contribution in [0.25, 0.3) is 0 Å². The molecule has 0 aliphatic rings. The molecular weight excluding hydrogens is 394 g/mol.